The standard InChI is InChI=1S/C17H16FN7O2/c1-24-22-16(21-23-24)15-5-2-10(8-20-15)13-4-3-11(6-14(13)18)25-9-12(7-19)27-17(25)26/h2-6,8,12H,7,9,19H2,1H3. The number of carbonyl (C=O) groups excluding carboxylic acids is 1. The van der Waals surface area contributed by atoms with Crippen LogP contribution in [0.25, 0.3) is 22.6 Å². The first-order chi connectivity index (χ1) is 13.0. The Hall–Kier alpha value is -3.40. The number of tetrazole rings is 1. The lowest BCUT2D eigenvalue weighted by Gasteiger charge is -2.14. The predicted octanol–water partition coefficient (Wildman–Crippen LogP) is 1.36. The second kappa shape index (κ2) is 6.72. The Bertz CT molecular complexity index is 989. The molecule has 0 bridgehead atoms. The number of rotatable bonds is 4. The maximum absolute atomic E-state index is 14.7. The molecule has 138 valence electrons. The fourth-order valence-corrected chi connectivity index (χ4v) is 2.83. The number of hydrogen-bond donors (Lipinski definition) is 1. The van der Waals surface area contributed by atoms with Crippen molar-refractivity contribution in [3.05, 3.63) is 42.3 Å². The molecular formula is C17H16FN7O2. The third-order valence-electron chi connectivity index (χ3n) is 4.21. The summed E-state index contributed by atoms with van der Waals surface area (Å²) >= 11 is 0. The summed E-state index contributed by atoms with van der Waals surface area (Å²) < 4.78 is 19.8. The number of carbonyl (C=O) groups is 1. The van der Waals surface area contributed by atoms with Gasteiger partial charge in [0, 0.05) is 23.9 Å². The van der Waals surface area contributed by atoms with Crippen molar-refractivity contribution in [2.75, 3.05) is 18.0 Å². The molecule has 1 unspecified atom stereocenters. The first-order valence-corrected chi connectivity index (χ1v) is 8.23. The number of ether oxygens (including phenoxy) is 1. The highest BCUT2D eigenvalue weighted by atomic mass is 19.1. The number of aryl methyl sites for hydroxylation is 1. The summed E-state index contributed by atoms with van der Waals surface area (Å²) in [4.78, 5) is 18.9. The number of nitrogens with two attached hydrogens (primary N) is 1. The lowest BCUT2D eigenvalue weighted by atomic mass is 10.1. The molecule has 1 amide bonds. The van der Waals surface area contributed by atoms with Crippen molar-refractivity contribution < 1.29 is 13.9 Å². The molecule has 27 heavy (non-hydrogen) atoms. The van der Waals surface area contributed by atoms with Gasteiger partial charge >= 0.3 is 6.09 Å². The van der Waals surface area contributed by atoms with Crippen LogP contribution in [0.2, 0.25) is 0 Å². The molecule has 1 aliphatic heterocycles. The van der Waals surface area contributed by atoms with Crippen LogP contribution in [0.15, 0.2) is 36.5 Å². The maximum atomic E-state index is 14.7. The van der Waals surface area contributed by atoms with Crippen LogP contribution in [0.5, 0.6) is 0 Å². The molecule has 2 aromatic heterocycles. The Kier molecular flexibility index (Phi) is 4.24. The first-order valence-electron chi connectivity index (χ1n) is 8.23. The van der Waals surface area contributed by atoms with Gasteiger partial charge in [0.25, 0.3) is 0 Å². The number of halogens is 1. The molecule has 0 radical (unpaired) electrons. The van der Waals surface area contributed by atoms with E-state index >= 15 is 0 Å². The van der Waals surface area contributed by atoms with Gasteiger partial charge in [-0.2, -0.15) is 4.80 Å². The molecule has 1 aliphatic rings. The molecule has 9 nitrogen and oxygen atoms in total. The number of cyclic esters (lactones) is 1. The van der Waals surface area contributed by atoms with Crippen molar-refractivity contribution in [1.29, 1.82) is 0 Å². The first kappa shape index (κ1) is 17.0. The molecule has 4 rings (SSSR count). The van der Waals surface area contributed by atoms with E-state index in [0.717, 1.165) is 0 Å². The van der Waals surface area contributed by atoms with Crippen molar-refractivity contribution >= 4 is 11.8 Å². The minimum atomic E-state index is -0.528. The SMILES string of the molecule is Cn1nnc(-c2ccc(-c3ccc(N4CC(CN)OC4=O)cc3F)cn2)n1. The van der Waals surface area contributed by atoms with E-state index < -0.39 is 11.9 Å². The van der Waals surface area contributed by atoms with Crippen molar-refractivity contribution in [2.45, 2.75) is 6.10 Å². The fraction of sp³-hybridized carbons (Fsp3) is 0.235. The normalized spacial score (nSPS) is 16.6. The van der Waals surface area contributed by atoms with Crippen molar-refractivity contribution in [2.24, 2.45) is 12.8 Å². The van der Waals surface area contributed by atoms with Crippen LogP contribution >= 0.6 is 0 Å². The molecule has 1 atom stereocenters. The molecule has 0 spiro atoms. The maximum Gasteiger partial charge on any atom is 0.414 e. The monoisotopic (exact) mass is 369 g/mol. The highest BCUT2D eigenvalue weighted by Crippen LogP contribution is 2.29. The zero-order valence-electron chi connectivity index (χ0n) is 14.4. The van der Waals surface area contributed by atoms with Gasteiger partial charge < -0.3 is 10.5 Å². The molecule has 1 fully saturated rings. The van der Waals surface area contributed by atoms with Gasteiger partial charge in [0.05, 0.1) is 19.3 Å². The van der Waals surface area contributed by atoms with Crippen LogP contribution in [0.1, 0.15) is 0 Å². The number of nitrogens with zero attached hydrogens (tertiary/aromatic N) is 6. The van der Waals surface area contributed by atoms with Crippen LogP contribution in [-0.2, 0) is 11.8 Å². The fourth-order valence-electron chi connectivity index (χ4n) is 2.83. The molecule has 1 saturated heterocycles. The molecule has 3 heterocycles. The van der Waals surface area contributed by atoms with E-state index in [4.69, 9.17) is 10.5 Å². The zero-order chi connectivity index (χ0) is 19.0. The summed E-state index contributed by atoms with van der Waals surface area (Å²) in [5.74, 6) is -0.0782. The zero-order valence-corrected chi connectivity index (χ0v) is 14.4. The Morgan fingerprint density at radius 1 is 1.33 bits per heavy atom. The number of anilines is 1. The Morgan fingerprint density at radius 3 is 2.78 bits per heavy atom. The van der Waals surface area contributed by atoms with Crippen molar-refractivity contribution in [3.63, 3.8) is 0 Å². The van der Waals surface area contributed by atoms with Gasteiger partial charge in [0.15, 0.2) is 0 Å². The van der Waals surface area contributed by atoms with E-state index in [1.807, 2.05) is 0 Å². The van der Waals surface area contributed by atoms with Crippen LogP contribution in [0.4, 0.5) is 14.9 Å². The summed E-state index contributed by atoms with van der Waals surface area (Å²) in [6.07, 6.45) is 0.630. The molecule has 0 aliphatic carbocycles. The van der Waals surface area contributed by atoms with Gasteiger partial charge in [0.2, 0.25) is 5.82 Å². The molecule has 1 aromatic carbocycles. The van der Waals surface area contributed by atoms with E-state index in [2.05, 4.69) is 20.4 Å². The largest absolute Gasteiger partial charge is 0.443 e. The summed E-state index contributed by atoms with van der Waals surface area (Å²) in [5, 5.41) is 11.7. The van der Waals surface area contributed by atoms with E-state index in [1.165, 1.54) is 15.8 Å². The molecule has 0 saturated carbocycles. The van der Waals surface area contributed by atoms with Gasteiger partial charge in [-0.3, -0.25) is 9.88 Å². The van der Waals surface area contributed by atoms with Gasteiger partial charge in [-0.1, -0.05) is 6.07 Å². The highest BCUT2D eigenvalue weighted by molar-refractivity contribution is 5.90. The summed E-state index contributed by atoms with van der Waals surface area (Å²) in [6, 6.07) is 7.99. The van der Waals surface area contributed by atoms with Crippen LogP contribution in [0, 0.1) is 5.82 Å². The lowest BCUT2D eigenvalue weighted by Crippen LogP contribution is -2.27. The Labute approximate surface area is 153 Å². The number of hydrogen-bond acceptors (Lipinski definition) is 7. The average molecular weight is 369 g/mol. The van der Waals surface area contributed by atoms with Crippen molar-refractivity contribution in [1.82, 2.24) is 25.2 Å². The number of pyridine rings is 1. The third kappa shape index (κ3) is 3.22. The number of benzene rings is 1. The summed E-state index contributed by atoms with van der Waals surface area (Å²) in [5.41, 5.74) is 7.44. The molecular weight excluding hydrogens is 353 g/mol. The topological polar surface area (TPSA) is 112 Å². The van der Waals surface area contributed by atoms with Crippen molar-refractivity contribution in [3.8, 4) is 22.6 Å². The van der Waals surface area contributed by atoms with E-state index in [0.29, 0.717) is 34.9 Å². The molecule has 2 N–H and O–H groups in total. The number of amides is 1. The summed E-state index contributed by atoms with van der Waals surface area (Å²) in [7, 11) is 1.66. The van der Waals surface area contributed by atoms with Crippen LogP contribution < -0.4 is 10.6 Å². The van der Waals surface area contributed by atoms with E-state index in [9.17, 15) is 9.18 Å². The Balaban J connectivity index is 1.58. The smallest absolute Gasteiger partial charge is 0.414 e. The van der Waals surface area contributed by atoms with Gasteiger partial charge in [-0.25, -0.2) is 9.18 Å². The lowest BCUT2D eigenvalue weighted by molar-refractivity contribution is 0.145. The minimum absolute atomic E-state index is 0.224. The summed E-state index contributed by atoms with van der Waals surface area (Å²) in [6.45, 7) is 0.525. The third-order valence-corrected chi connectivity index (χ3v) is 4.21. The second-order valence-electron chi connectivity index (χ2n) is 6.05. The van der Waals surface area contributed by atoms with E-state index in [1.54, 1.807) is 37.5 Å². The van der Waals surface area contributed by atoms with Gasteiger partial charge in [-0.15, -0.1) is 10.2 Å². The van der Waals surface area contributed by atoms with Gasteiger partial charge in [0.1, 0.15) is 17.6 Å². The van der Waals surface area contributed by atoms with Crippen LogP contribution in [0.3, 0.4) is 0 Å². The van der Waals surface area contributed by atoms with Crippen LogP contribution in [-0.4, -0.2) is 50.5 Å². The number of aromatic nitrogens is 5. The minimum Gasteiger partial charge on any atom is -0.443 e. The predicted molar refractivity (Wildman–Crippen MR) is 94.1 cm³/mol. The molecule has 3 aromatic rings. The second-order valence-corrected chi connectivity index (χ2v) is 6.05. The van der Waals surface area contributed by atoms with E-state index in [-0.39, 0.29) is 12.6 Å². The Morgan fingerprint density at radius 2 is 2.19 bits per heavy atom. The van der Waals surface area contributed by atoms with Gasteiger partial charge in [-0.05, 0) is 29.5 Å². The molecule has 10 heteroatoms. The quantitative estimate of drug-likeness (QED) is 0.739. The highest BCUT2D eigenvalue weighted by Gasteiger charge is 2.31. The average Bonchev–Trinajstić information content (AvgIpc) is 3.27.